The number of hydrogen-bond donors (Lipinski definition) is 2. The molecule has 3 aromatic rings. The number of carbonyl (C=O) groups is 1. The lowest BCUT2D eigenvalue weighted by atomic mass is 10.1. The Balaban J connectivity index is 1.37. The van der Waals surface area contributed by atoms with Crippen LogP contribution in [0, 0.1) is 0 Å². The van der Waals surface area contributed by atoms with Crippen LogP contribution in [0.1, 0.15) is 29.9 Å². The van der Waals surface area contributed by atoms with Gasteiger partial charge in [0.05, 0.1) is 0 Å². The number of carbonyl (C=O) groups excluding carboxylic acids is 1. The first-order valence-electron chi connectivity index (χ1n) is 10.0. The van der Waals surface area contributed by atoms with E-state index >= 15 is 0 Å². The first-order valence-corrected chi connectivity index (χ1v) is 10.0. The Labute approximate surface area is 175 Å². The fourth-order valence-corrected chi connectivity index (χ4v) is 3.76. The summed E-state index contributed by atoms with van der Waals surface area (Å²) in [6.45, 7) is 1.90. The van der Waals surface area contributed by atoms with Gasteiger partial charge in [0.2, 0.25) is 11.7 Å². The monoisotopic (exact) mass is 404 g/mol. The highest BCUT2D eigenvalue weighted by Gasteiger charge is 2.26. The molecule has 1 amide bonds. The van der Waals surface area contributed by atoms with Crippen molar-refractivity contribution in [3.63, 3.8) is 0 Å². The van der Waals surface area contributed by atoms with Crippen LogP contribution < -0.4 is 5.48 Å². The summed E-state index contributed by atoms with van der Waals surface area (Å²) < 4.78 is 5.50. The number of likely N-dealkylation sites (tertiary alicyclic amines) is 1. The van der Waals surface area contributed by atoms with Gasteiger partial charge in [0.25, 0.3) is 5.91 Å². The summed E-state index contributed by atoms with van der Waals surface area (Å²) in [4.78, 5) is 18.1. The van der Waals surface area contributed by atoms with E-state index in [0.717, 1.165) is 43.5 Å². The topological polar surface area (TPSA) is 91.5 Å². The zero-order valence-electron chi connectivity index (χ0n) is 16.6. The predicted molar refractivity (Wildman–Crippen MR) is 112 cm³/mol. The second-order valence-corrected chi connectivity index (χ2v) is 7.40. The van der Waals surface area contributed by atoms with Gasteiger partial charge >= 0.3 is 0 Å². The van der Waals surface area contributed by atoms with Crippen molar-refractivity contribution in [1.82, 2.24) is 20.5 Å². The minimum atomic E-state index is -0.546. The van der Waals surface area contributed by atoms with Crippen LogP contribution in [0.15, 0.2) is 65.2 Å². The third kappa shape index (κ3) is 5.00. The van der Waals surface area contributed by atoms with E-state index < -0.39 is 5.91 Å². The van der Waals surface area contributed by atoms with Crippen molar-refractivity contribution < 1.29 is 14.5 Å². The number of hydroxylamine groups is 1. The van der Waals surface area contributed by atoms with Crippen molar-refractivity contribution in [3.05, 3.63) is 77.7 Å². The third-order valence-corrected chi connectivity index (χ3v) is 5.31. The summed E-state index contributed by atoms with van der Waals surface area (Å²) in [5, 5.41) is 12.7. The Morgan fingerprint density at radius 1 is 1.20 bits per heavy atom. The molecule has 1 unspecified atom stereocenters. The molecule has 1 saturated heterocycles. The van der Waals surface area contributed by atoms with Crippen LogP contribution in [0.5, 0.6) is 0 Å². The smallest absolute Gasteiger partial charge is 0.267 e. The van der Waals surface area contributed by atoms with Crippen LogP contribution in [-0.2, 0) is 17.8 Å². The van der Waals surface area contributed by atoms with Crippen molar-refractivity contribution in [2.75, 3.05) is 6.54 Å². The lowest BCUT2D eigenvalue weighted by molar-refractivity contribution is -0.124. The fourth-order valence-electron chi connectivity index (χ4n) is 3.76. The van der Waals surface area contributed by atoms with Crippen LogP contribution >= 0.6 is 0 Å². The molecule has 7 heteroatoms. The van der Waals surface area contributed by atoms with Crippen molar-refractivity contribution in [3.8, 4) is 11.4 Å². The van der Waals surface area contributed by atoms with Crippen molar-refractivity contribution in [1.29, 1.82) is 0 Å². The Hall–Kier alpha value is -3.29. The van der Waals surface area contributed by atoms with E-state index in [-0.39, 0.29) is 0 Å². The number of benzene rings is 2. The van der Waals surface area contributed by atoms with Crippen LogP contribution in [0.3, 0.4) is 0 Å². The summed E-state index contributed by atoms with van der Waals surface area (Å²) in [5.41, 5.74) is 4.65. The lowest BCUT2D eigenvalue weighted by Gasteiger charge is -2.23. The van der Waals surface area contributed by atoms with Crippen LogP contribution in [-0.4, -0.2) is 38.7 Å². The predicted octanol–water partition coefficient (Wildman–Crippen LogP) is 3.46. The normalized spacial score (nSPS) is 16.9. The summed E-state index contributed by atoms with van der Waals surface area (Å²) in [6, 6.07) is 18.3. The molecule has 0 saturated carbocycles. The van der Waals surface area contributed by atoms with Gasteiger partial charge in [0.15, 0.2) is 0 Å². The maximum Gasteiger partial charge on any atom is 0.267 e. The Morgan fingerprint density at radius 2 is 2.00 bits per heavy atom. The molecule has 0 aliphatic carbocycles. The molecule has 0 radical (unpaired) electrons. The average molecular weight is 404 g/mol. The molecule has 0 bridgehead atoms. The second kappa shape index (κ2) is 9.47. The Bertz CT molecular complexity index is 999. The van der Waals surface area contributed by atoms with E-state index in [1.165, 1.54) is 11.6 Å². The van der Waals surface area contributed by atoms with E-state index in [2.05, 4.69) is 27.2 Å². The van der Waals surface area contributed by atoms with Gasteiger partial charge in [0, 0.05) is 30.6 Å². The van der Waals surface area contributed by atoms with Gasteiger partial charge in [-0.05, 0) is 36.6 Å². The highest BCUT2D eigenvalue weighted by molar-refractivity contribution is 5.90. The zero-order chi connectivity index (χ0) is 20.8. The number of amides is 1. The van der Waals surface area contributed by atoms with Crippen molar-refractivity contribution in [2.45, 2.75) is 31.8 Å². The molecule has 1 aromatic heterocycles. The molecule has 1 fully saturated rings. The molecule has 30 heavy (non-hydrogen) atoms. The van der Waals surface area contributed by atoms with Gasteiger partial charge in [-0.25, -0.2) is 5.48 Å². The van der Waals surface area contributed by atoms with E-state index in [1.807, 2.05) is 42.5 Å². The minimum absolute atomic E-state index is 0.377. The van der Waals surface area contributed by atoms with E-state index in [0.29, 0.717) is 17.8 Å². The molecule has 7 nitrogen and oxygen atoms in total. The third-order valence-electron chi connectivity index (χ3n) is 5.31. The highest BCUT2D eigenvalue weighted by atomic mass is 16.5. The first kappa shape index (κ1) is 20.0. The first-order chi connectivity index (χ1) is 14.7. The molecule has 2 N–H and O–H groups in total. The summed E-state index contributed by atoms with van der Waals surface area (Å²) in [7, 11) is 0. The molecule has 1 atom stereocenters. The van der Waals surface area contributed by atoms with Crippen LogP contribution in [0.4, 0.5) is 0 Å². The molecular weight excluding hydrogens is 380 g/mol. The van der Waals surface area contributed by atoms with Gasteiger partial charge in [-0.2, -0.15) is 4.98 Å². The summed E-state index contributed by atoms with van der Waals surface area (Å²) >= 11 is 0. The van der Waals surface area contributed by atoms with E-state index in [9.17, 15) is 4.79 Å². The second-order valence-electron chi connectivity index (χ2n) is 7.40. The molecule has 0 spiro atoms. The molecule has 1 aliphatic heterocycles. The summed E-state index contributed by atoms with van der Waals surface area (Å²) in [6.07, 6.45) is 5.96. The van der Waals surface area contributed by atoms with E-state index in [4.69, 9.17) is 9.73 Å². The standard InChI is InChI=1S/C23H24N4O3/c28-21(25-29)13-12-17-8-10-18(11-9-17)16-27-14-4-7-20(27)15-22-24-23(26-30-22)19-5-2-1-3-6-19/h1-3,5-6,8-13,20,29H,4,7,14-16H2,(H,25,28). The van der Waals surface area contributed by atoms with Crippen molar-refractivity contribution >= 4 is 12.0 Å². The lowest BCUT2D eigenvalue weighted by Crippen LogP contribution is -2.30. The van der Waals surface area contributed by atoms with Crippen LogP contribution in [0.25, 0.3) is 17.5 Å². The maximum absolute atomic E-state index is 11.1. The van der Waals surface area contributed by atoms with Gasteiger partial charge in [0.1, 0.15) is 0 Å². The average Bonchev–Trinajstić information content (AvgIpc) is 3.44. The molecule has 2 heterocycles. The quantitative estimate of drug-likeness (QED) is 0.356. The minimum Gasteiger partial charge on any atom is -0.339 e. The fraction of sp³-hybridized carbons (Fsp3) is 0.261. The number of aromatic nitrogens is 2. The van der Waals surface area contributed by atoms with E-state index in [1.54, 1.807) is 11.6 Å². The molecule has 4 rings (SSSR count). The summed E-state index contributed by atoms with van der Waals surface area (Å²) in [5.74, 6) is 0.762. The van der Waals surface area contributed by atoms with Gasteiger partial charge < -0.3 is 4.52 Å². The molecule has 154 valence electrons. The van der Waals surface area contributed by atoms with Crippen LogP contribution in [0.2, 0.25) is 0 Å². The van der Waals surface area contributed by atoms with Gasteiger partial charge in [-0.3, -0.25) is 14.9 Å². The number of rotatable bonds is 7. The Morgan fingerprint density at radius 3 is 2.77 bits per heavy atom. The molecular formula is C23H24N4O3. The number of hydrogen-bond acceptors (Lipinski definition) is 6. The molecule has 2 aromatic carbocycles. The number of nitrogens with one attached hydrogen (secondary N) is 1. The molecule has 1 aliphatic rings. The van der Waals surface area contributed by atoms with Crippen molar-refractivity contribution in [2.24, 2.45) is 0 Å². The maximum atomic E-state index is 11.1. The van der Waals surface area contributed by atoms with Gasteiger partial charge in [-0.1, -0.05) is 59.8 Å². The Kier molecular flexibility index (Phi) is 6.32. The largest absolute Gasteiger partial charge is 0.339 e. The highest BCUT2D eigenvalue weighted by Crippen LogP contribution is 2.24. The zero-order valence-corrected chi connectivity index (χ0v) is 16.6. The SMILES string of the molecule is O=C(C=Cc1ccc(CN2CCCC2Cc2nc(-c3ccccc3)no2)cc1)NO. The van der Waals surface area contributed by atoms with Gasteiger partial charge in [-0.15, -0.1) is 0 Å². The number of nitrogens with zero attached hydrogens (tertiary/aromatic N) is 3.